The van der Waals surface area contributed by atoms with E-state index in [0.29, 0.717) is 25.3 Å². The zero-order valence-electron chi connectivity index (χ0n) is 14.4. The minimum Gasteiger partial charge on any atom is -0.494 e. The van der Waals surface area contributed by atoms with Crippen molar-refractivity contribution in [1.29, 1.82) is 0 Å². The van der Waals surface area contributed by atoms with Crippen molar-refractivity contribution in [1.82, 2.24) is 20.5 Å². The molecule has 1 atom stereocenters. The highest BCUT2D eigenvalue weighted by Crippen LogP contribution is 2.27. The second-order valence-electron chi connectivity index (χ2n) is 6.12. The highest BCUT2D eigenvalue weighted by molar-refractivity contribution is 5.89. The fourth-order valence-electron chi connectivity index (χ4n) is 3.00. The molecular formula is C18H22N4O3. The number of amides is 3. The number of ether oxygens (including phenoxy) is 1. The first-order valence-electron chi connectivity index (χ1n) is 8.30. The van der Waals surface area contributed by atoms with Gasteiger partial charge >= 0.3 is 6.03 Å². The van der Waals surface area contributed by atoms with Crippen molar-refractivity contribution in [3.8, 4) is 5.75 Å². The van der Waals surface area contributed by atoms with E-state index in [4.69, 9.17) is 4.74 Å². The number of nitrogens with zero attached hydrogens (tertiary/aromatic N) is 2. The Morgan fingerprint density at radius 3 is 3.04 bits per heavy atom. The minimum atomic E-state index is -0.460. The molecular weight excluding hydrogens is 320 g/mol. The van der Waals surface area contributed by atoms with Crippen molar-refractivity contribution in [3.63, 3.8) is 0 Å². The fraction of sp³-hybridized carbons (Fsp3) is 0.389. The molecule has 2 N–H and O–H groups in total. The smallest absolute Gasteiger partial charge is 0.318 e. The van der Waals surface area contributed by atoms with Gasteiger partial charge in [0, 0.05) is 31.7 Å². The number of hydrogen-bond acceptors (Lipinski definition) is 4. The number of methoxy groups -OCH3 is 1. The van der Waals surface area contributed by atoms with Crippen molar-refractivity contribution < 1.29 is 14.3 Å². The topological polar surface area (TPSA) is 83.6 Å². The highest BCUT2D eigenvalue weighted by atomic mass is 16.5. The third-order valence-corrected chi connectivity index (χ3v) is 4.38. The Labute approximate surface area is 146 Å². The van der Waals surface area contributed by atoms with Crippen LogP contribution in [0.3, 0.4) is 0 Å². The number of carbonyl (C=O) groups is 2. The number of urea groups is 1. The van der Waals surface area contributed by atoms with Crippen molar-refractivity contribution in [2.45, 2.75) is 25.4 Å². The average molecular weight is 342 g/mol. The highest BCUT2D eigenvalue weighted by Gasteiger charge is 2.25. The number of hydrogen-bond donors (Lipinski definition) is 2. The lowest BCUT2D eigenvalue weighted by atomic mass is 10.1. The lowest BCUT2D eigenvalue weighted by molar-refractivity contribution is -0.124. The maximum absolute atomic E-state index is 12.4. The molecule has 1 aliphatic heterocycles. The summed E-state index contributed by atoms with van der Waals surface area (Å²) >= 11 is 0. The summed E-state index contributed by atoms with van der Waals surface area (Å²) in [5, 5.41) is 6.50. The van der Waals surface area contributed by atoms with Crippen LogP contribution in [0.4, 0.5) is 4.79 Å². The largest absolute Gasteiger partial charge is 0.494 e. The van der Waals surface area contributed by atoms with Crippen molar-refractivity contribution in [3.05, 3.63) is 36.0 Å². The number of pyridine rings is 1. The Balaban J connectivity index is 1.74. The van der Waals surface area contributed by atoms with E-state index in [9.17, 15) is 9.59 Å². The summed E-state index contributed by atoms with van der Waals surface area (Å²) < 4.78 is 5.35. The molecule has 0 bridgehead atoms. The maximum Gasteiger partial charge on any atom is 0.318 e. The van der Waals surface area contributed by atoms with Gasteiger partial charge in [-0.3, -0.25) is 9.78 Å². The van der Waals surface area contributed by atoms with Crippen LogP contribution in [0.15, 0.2) is 30.5 Å². The average Bonchev–Trinajstić information content (AvgIpc) is 2.63. The maximum atomic E-state index is 12.4. The quantitative estimate of drug-likeness (QED) is 0.885. The molecule has 0 spiro atoms. The van der Waals surface area contributed by atoms with Gasteiger partial charge in [0.2, 0.25) is 5.91 Å². The van der Waals surface area contributed by atoms with Gasteiger partial charge in [0.15, 0.2) is 0 Å². The van der Waals surface area contributed by atoms with E-state index >= 15 is 0 Å². The Morgan fingerprint density at radius 2 is 2.28 bits per heavy atom. The zero-order valence-corrected chi connectivity index (χ0v) is 14.4. The van der Waals surface area contributed by atoms with Gasteiger partial charge in [-0.2, -0.15) is 0 Å². The second-order valence-corrected chi connectivity index (χ2v) is 6.12. The molecule has 7 heteroatoms. The third-order valence-electron chi connectivity index (χ3n) is 4.38. The molecule has 2 heterocycles. The first-order chi connectivity index (χ1) is 12.1. The Hall–Kier alpha value is -2.83. The monoisotopic (exact) mass is 342 g/mol. The lowest BCUT2D eigenvalue weighted by Gasteiger charge is -2.26. The van der Waals surface area contributed by atoms with Crippen molar-refractivity contribution >= 4 is 22.8 Å². The molecule has 1 aromatic carbocycles. The first-order valence-corrected chi connectivity index (χ1v) is 8.30. The van der Waals surface area contributed by atoms with Crippen LogP contribution in [0, 0.1) is 0 Å². The fourth-order valence-corrected chi connectivity index (χ4v) is 3.00. The number of rotatable bonds is 4. The Bertz CT molecular complexity index is 793. The van der Waals surface area contributed by atoms with Gasteiger partial charge in [-0.25, -0.2) is 4.79 Å². The van der Waals surface area contributed by atoms with Crippen LogP contribution in [0.25, 0.3) is 10.9 Å². The van der Waals surface area contributed by atoms with E-state index in [1.165, 1.54) is 0 Å². The molecule has 0 saturated carbocycles. The summed E-state index contributed by atoms with van der Waals surface area (Å²) in [5.41, 5.74) is 1.73. The predicted molar refractivity (Wildman–Crippen MR) is 94.3 cm³/mol. The SMILES string of the molecule is COc1ccc(CN(C)C(=O)N[C@@H]2CCCNC2=O)c2cccnc12. The molecule has 0 aliphatic carbocycles. The van der Waals surface area contributed by atoms with Crippen LogP contribution in [-0.4, -0.2) is 48.6 Å². The standard InChI is InChI=1S/C18H22N4O3/c1-22(18(24)21-14-6-4-10-20-17(14)23)11-12-7-8-15(25-2)16-13(12)5-3-9-19-16/h3,5,7-9,14H,4,6,10-11H2,1-2H3,(H,20,23)(H,21,24)/t14-/m1/s1. The van der Waals surface area contributed by atoms with E-state index in [-0.39, 0.29) is 11.9 Å². The minimum absolute atomic E-state index is 0.118. The molecule has 0 unspecified atom stereocenters. The van der Waals surface area contributed by atoms with E-state index in [2.05, 4.69) is 15.6 Å². The number of benzene rings is 1. The van der Waals surface area contributed by atoms with Gasteiger partial charge in [-0.15, -0.1) is 0 Å². The predicted octanol–water partition coefficient (Wildman–Crippen LogP) is 1.66. The van der Waals surface area contributed by atoms with Crippen LogP contribution in [0.5, 0.6) is 5.75 Å². The number of piperidine rings is 1. The molecule has 25 heavy (non-hydrogen) atoms. The number of fused-ring (bicyclic) bond motifs is 1. The van der Waals surface area contributed by atoms with Gasteiger partial charge in [-0.05, 0) is 30.5 Å². The molecule has 2 aromatic rings. The first kappa shape index (κ1) is 17.0. The van der Waals surface area contributed by atoms with E-state index in [1.807, 2.05) is 24.3 Å². The van der Waals surface area contributed by atoms with E-state index in [0.717, 1.165) is 22.9 Å². The van der Waals surface area contributed by atoms with Crippen LogP contribution in [0.2, 0.25) is 0 Å². The Kier molecular flexibility index (Phi) is 5.02. The molecule has 3 amide bonds. The van der Waals surface area contributed by atoms with Gasteiger partial charge in [0.05, 0.1) is 7.11 Å². The molecule has 1 saturated heterocycles. The molecule has 3 rings (SSSR count). The van der Waals surface area contributed by atoms with Crippen molar-refractivity contribution in [2.75, 3.05) is 20.7 Å². The molecule has 132 valence electrons. The number of aromatic nitrogens is 1. The van der Waals surface area contributed by atoms with E-state index in [1.54, 1.807) is 25.3 Å². The van der Waals surface area contributed by atoms with Gasteiger partial charge in [0.1, 0.15) is 17.3 Å². The summed E-state index contributed by atoms with van der Waals surface area (Å²) in [5.74, 6) is 0.581. The number of carbonyl (C=O) groups excluding carboxylic acids is 2. The molecule has 0 radical (unpaired) electrons. The molecule has 1 aliphatic rings. The molecule has 1 fully saturated rings. The second kappa shape index (κ2) is 7.38. The summed E-state index contributed by atoms with van der Waals surface area (Å²) in [7, 11) is 3.32. The van der Waals surface area contributed by atoms with Crippen LogP contribution in [-0.2, 0) is 11.3 Å². The number of nitrogens with one attached hydrogen (secondary N) is 2. The lowest BCUT2D eigenvalue weighted by Crippen LogP contribution is -2.52. The normalized spacial score (nSPS) is 17.0. The molecule has 7 nitrogen and oxygen atoms in total. The summed E-state index contributed by atoms with van der Waals surface area (Å²) in [4.78, 5) is 30.1. The summed E-state index contributed by atoms with van der Waals surface area (Å²) in [6.45, 7) is 1.08. The van der Waals surface area contributed by atoms with Gasteiger partial charge < -0.3 is 20.3 Å². The summed E-state index contributed by atoms with van der Waals surface area (Å²) in [6.07, 6.45) is 3.25. The van der Waals surface area contributed by atoms with Gasteiger partial charge in [-0.1, -0.05) is 12.1 Å². The van der Waals surface area contributed by atoms with Crippen LogP contribution >= 0.6 is 0 Å². The third kappa shape index (κ3) is 3.65. The van der Waals surface area contributed by atoms with Gasteiger partial charge in [0.25, 0.3) is 0 Å². The zero-order chi connectivity index (χ0) is 17.8. The summed E-state index contributed by atoms with van der Waals surface area (Å²) in [6, 6.07) is 6.87. The van der Waals surface area contributed by atoms with Crippen LogP contribution in [0.1, 0.15) is 18.4 Å². The molecule has 1 aromatic heterocycles. The Morgan fingerprint density at radius 1 is 1.44 bits per heavy atom. The van der Waals surface area contributed by atoms with Crippen molar-refractivity contribution in [2.24, 2.45) is 0 Å². The van der Waals surface area contributed by atoms with Crippen LogP contribution < -0.4 is 15.4 Å². The van der Waals surface area contributed by atoms with E-state index < -0.39 is 6.04 Å².